The zero-order valence-electron chi connectivity index (χ0n) is 23.0. The van der Waals surface area contributed by atoms with Crippen LogP contribution in [0.2, 0.25) is 0 Å². The van der Waals surface area contributed by atoms with Crippen molar-refractivity contribution in [2.45, 2.75) is 49.9 Å². The fourth-order valence-corrected chi connectivity index (χ4v) is 8.75. The van der Waals surface area contributed by atoms with Crippen LogP contribution in [0.3, 0.4) is 0 Å². The first-order valence-corrected chi connectivity index (χ1v) is 15.7. The molecular weight excluding hydrogens is 608 g/mol. The molecule has 3 heterocycles. The van der Waals surface area contributed by atoms with E-state index in [0.29, 0.717) is 41.6 Å². The molecule has 0 saturated heterocycles. The van der Waals surface area contributed by atoms with E-state index in [1.54, 1.807) is 37.0 Å². The zero-order chi connectivity index (χ0) is 30.7. The van der Waals surface area contributed by atoms with Gasteiger partial charge in [-0.25, -0.2) is 27.5 Å². The maximum Gasteiger partial charge on any atom is 0.427 e. The van der Waals surface area contributed by atoms with Crippen LogP contribution in [0.5, 0.6) is 0 Å². The van der Waals surface area contributed by atoms with E-state index in [1.165, 1.54) is 33.5 Å². The highest BCUT2D eigenvalue weighted by atomic mass is 32.2. The van der Waals surface area contributed by atoms with Gasteiger partial charge in [-0.2, -0.15) is 22.6 Å². The highest BCUT2D eigenvalue weighted by molar-refractivity contribution is 7.89. The van der Waals surface area contributed by atoms with Gasteiger partial charge in [-0.1, -0.05) is 12.5 Å². The Morgan fingerprint density at radius 1 is 1.19 bits per heavy atom. The third-order valence-electron chi connectivity index (χ3n) is 8.18. The van der Waals surface area contributed by atoms with Crippen LogP contribution in [0.4, 0.5) is 17.6 Å². The molecule has 2 aliphatic carbocycles. The van der Waals surface area contributed by atoms with E-state index in [9.17, 15) is 30.8 Å². The highest BCUT2D eigenvalue weighted by Crippen LogP contribution is 2.52. The summed E-state index contributed by atoms with van der Waals surface area (Å²) >= 11 is 0.285. The Labute approximate surface area is 248 Å². The summed E-state index contributed by atoms with van der Waals surface area (Å²) in [7, 11) is -2.44. The highest BCUT2D eigenvalue weighted by Gasteiger charge is 2.52. The van der Waals surface area contributed by atoms with Crippen molar-refractivity contribution >= 4 is 33.2 Å². The number of imidazole rings is 1. The lowest BCUT2D eigenvalue weighted by Crippen LogP contribution is -2.50. The molecule has 0 amide bonds. The summed E-state index contributed by atoms with van der Waals surface area (Å²) in [5.74, 6) is -0.993. The Bertz CT molecular complexity index is 1840. The number of thiazole rings is 1. The van der Waals surface area contributed by atoms with E-state index in [-0.39, 0.29) is 40.8 Å². The van der Waals surface area contributed by atoms with Crippen LogP contribution < -0.4 is 0 Å². The lowest BCUT2D eigenvalue weighted by atomic mass is 9.61. The van der Waals surface area contributed by atoms with E-state index in [4.69, 9.17) is 0 Å². The van der Waals surface area contributed by atoms with Gasteiger partial charge >= 0.3 is 6.18 Å². The number of sulfonamides is 1. The average molecular weight is 635 g/mol. The topological polar surface area (TPSA) is 103 Å². The molecule has 0 radical (unpaired) electrons. The van der Waals surface area contributed by atoms with Gasteiger partial charge in [-0.15, -0.1) is 11.3 Å². The van der Waals surface area contributed by atoms with Crippen molar-refractivity contribution in [3.63, 3.8) is 0 Å². The fraction of sp³-hybridized carbons (Fsp3) is 0.357. The minimum atomic E-state index is -4.66. The van der Waals surface area contributed by atoms with Crippen LogP contribution in [0.1, 0.15) is 52.1 Å². The number of carbonyl (C=O) groups excluding carboxylic acids is 1. The number of aromatic nitrogens is 5. The summed E-state index contributed by atoms with van der Waals surface area (Å²) < 4.78 is 85.8. The smallest absolute Gasteiger partial charge is 0.324 e. The Hall–Kier alpha value is -3.69. The molecule has 0 unspecified atom stereocenters. The summed E-state index contributed by atoms with van der Waals surface area (Å²) in [6, 6.07) is 5.13. The van der Waals surface area contributed by atoms with Crippen LogP contribution >= 0.6 is 11.3 Å². The Morgan fingerprint density at radius 3 is 2.56 bits per heavy atom. The van der Waals surface area contributed by atoms with Crippen molar-refractivity contribution in [3.05, 3.63) is 81.7 Å². The SMILES string of the molecule is CCN([C@H]1CCC2=Cc3c(cnn3-c3ccc(F)cc3)C[C@]2(C(=O)c2ncc(C(F)(F)F)s2)C1)S(=O)(=O)c1cncn1C. The van der Waals surface area contributed by atoms with Gasteiger partial charge in [-0.3, -0.25) is 4.79 Å². The van der Waals surface area contributed by atoms with Gasteiger partial charge in [0.15, 0.2) is 10.0 Å². The molecular formula is C28H26F4N6O3S2. The molecule has 9 nitrogen and oxygen atoms in total. The summed E-state index contributed by atoms with van der Waals surface area (Å²) in [6.07, 6.45) is 2.88. The molecule has 1 aromatic carbocycles. The van der Waals surface area contributed by atoms with E-state index >= 15 is 0 Å². The number of nitrogens with zero attached hydrogens (tertiary/aromatic N) is 6. The van der Waals surface area contributed by atoms with Crippen LogP contribution in [-0.2, 0) is 29.7 Å². The molecule has 0 aliphatic heterocycles. The van der Waals surface area contributed by atoms with Gasteiger partial charge in [0.25, 0.3) is 10.0 Å². The third-order valence-corrected chi connectivity index (χ3v) is 11.3. The van der Waals surface area contributed by atoms with Crippen molar-refractivity contribution in [1.82, 2.24) is 28.6 Å². The number of rotatable bonds is 7. The molecule has 1 fully saturated rings. The van der Waals surface area contributed by atoms with Crippen molar-refractivity contribution in [1.29, 1.82) is 0 Å². The standard InChI is InChI=1S/C28H26F4N6O3S2/c1-3-37(43(40,41)24-15-33-16-36(24)2)21-7-4-18-10-22-17(13-35-38(22)20-8-5-19(29)6-9-20)11-27(18,12-21)25(39)26-34-14-23(42-26)28(30,31)32/h5-6,8-10,13-16,21H,3-4,7,11-12H2,1-2H3/t21-,27-/m0/s1. The first-order chi connectivity index (χ1) is 20.3. The predicted molar refractivity (Wildman–Crippen MR) is 149 cm³/mol. The molecule has 1 saturated carbocycles. The molecule has 6 rings (SSSR count). The summed E-state index contributed by atoms with van der Waals surface area (Å²) in [6.45, 7) is 1.82. The lowest BCUT2D eigenvalue weighted by Gasteiger charge is -2.46. The molecule has 226 valence electrons. The second kappa shape index (κ2) is 10.5. The number of hydrogen-bond donors (Lipinski definition) is 0. The molecule has 0 spiro atoms. The van der Waals surface area contributed by atoms with Gasteiger partial charge in [0.1, 0.15) is 10.7 Å². The number of allylic oxidation sites excluding steroid dienone is 1. The minimum Gasteiger partial charge on any atom is -0.324 e. The minimum absolute atomic E-state index is 0.00249. The van der Waals surface area contributed by atoms with E-state index < -0.39 is 44.1 Å². The first kappa shape index (κ1) is 29.4. The number of fused-ring (bicyclic) bond motifs is 2. The summed E-state index contributed by atoms with van der Waals surface area (Å²) in [5.41, 5.74) is 1.26. The van der Waals surface area contributed by atoms with E-state index in [1.807, 2.05) is 6.08 Å². The lowest BCUT2D eigenvalue weighted by molar-refractivity contribution is -0.134. The summed E-state index contributed by atoms with van der Waals surface area (Å²) in [5, 5.41) is 4.18. The number of ketones is 1. The number of hydrogen-bond acceptors (Lipinski definition) is 7. The molecule has 43 heavy (non-hydrogen) atoms. The second-order valence-electron chi connectivity index (χ2n) is 10.7. The number of alkyl halides is 3. The number of halogens is 4. The average Bonchev–Trinajstić information content (AvgIpc) is 3.72. The van der Waals surface area contributed by atoms with Crippen molar-refractivity contribution in [2.24, 2.45) is 12.5 Å². The fourth-order valence-electron chi connectivity index (χ4n) is 6.17. The number of carbonyl (C=O) groups is 1. The van der Waals surface area contributed by atoms with Crippen LogP contribution in [0.25, 0.3) is 11.8 Å². The van der Waals surface area contributed by atoms with Crippen molar-refractivity contribution in [2.75, 3.05) is 6.54 Å². The largest absolute Gasteiger partial charge is 0.427 e. The zero-order valence-corrected chi connectivity index (χ0v) is 24.7. The van der Waals surface area contributed by atoms with Crippen molar-refractivity contribution in [3.8, 4) is 5.69 Å². The third kappa shape index (κ3) is 4.92. The van der Waals surface area contributed by atoms with E-state index in [0.717, 1.165) is 0 Å². The van der Waals surface area contributed by atoms with Gasteiger partial charge < -0.3 is 4.57 Å². The Kier molecular flexibility index (Phi) is 7.17. The van der Waals surface area contributed by atoms with Crippen LogP contribution in [0.15, 0.2) is 59.8 Å². The molecule has 0 N–H and O–H groups in total. The Balaban J connectivity index is 1.44. The number of aryl methyl sites for hydroxylation is 1. The maximum absolute atomic E-state index is 14.3. The van der Waals surface area contributed by atoms with Gasteiger partial charge in [-0.05, 0) is 61.6 Å². The molecule has 2 atom stereocenters. The number of Topliss-reactive ketones (excluding diaryl/α,β-unsaturated/α-hetero) is 1. The quantitative estimate of drug-likeness (QED) is 0.202. The molecule has 15 heteroatoms. The molecule has 4 aromatic rings. The van der Waals surface area contributed by atoms with Crippen molar-refractivity contribution < 1.29 is 30.8 Å². The molecule has 0 bridgehead atoms. The summed E-state index contributed by atoms with van der Waals surface area (Å²) in [4.78, 5) is 21.1. The first-order valence-electron chi connectivity index (χ1n) is 13.4. The molecule has 3 aromatic heterocycles. The predicted octanol–water partition coefficient (Wildman–Crippen LogP) is 5.29. The van der Waals surface area contributed by atoms with Crippen LogP contribution in [0, 0.1) is 11.2 Å². The number of benzene rings is 1. The molecule has 2 aliphatic rings. The van der Waals surface area contributed by atoms with Gasteiger partial charge in [0, 0.05) is 19.6 Å². The van der Waals surface area contributed by atoms with Gasteiger partial charge in [0.2, 0.25) is 5.78 Å². The normalized spacial score (nSPS) is 20.5. The second-order valence-corrected chi connectivity index (χ2v) is 13.5. The van der Waals surface area contributed by atoms with Gasteiger partial charge in [0.05, 0.1) is 41.7 Å². The van der Waals surface area contributed by atoms with E-state index in [2.05, 4.69) is 15.1 Å². The van der Waals surface area contributed by atoms with Crippen LogP contribution in [-0.4, -0.2) is 55.4 Å². The monoisotopic (exact) mass is 634 g/mol. The maximum atomic E-state index is 14.3. The Morgan fingerprint density at radius 2 is 1.93 bits per heavy atom.